The zero-order valence-electron chi connectivity index (χ0n) is 8.97. The molecule has 1 fully saturated rings. The fourth-order valence-corrected chi connectivity index (χ4v) is 3.03. The molecule has 0 aliphatic heterocycles. The SMILES string of the molecule is OC1(CNc2ccc(I)cc2Cl)CCCC1. The van der Waals surface area contributed by atoms with Crippen LogP contribution in [0.3, 0.4) is 0 Å². The average molecular weight is 352 g/mol. The molecule has 1 aliphatic rings. The Kier molecular flexibility index (Phi) is 3.97. The van der Waals surface area contributed by atoms with E-state index in [4.69, 9.17) is 11.6 Å². The highest BCUT2D eigenvalue weighted by Crippen LogP contribution is 2.31. The third-order valence-electron chi connectivity index (χ3n) is 3.07. The lowest BCUT2D eigenvalue weighted by Gasteiger charge is -2.23. The minimum Gasteiger partial charge on any atom is -0.388 e. The summed E-state index contributed by atoms with van der Waals surface area (Å²) in [5.74, 6) is 0. The Balaban J connectivity index is 1.99. The van der Waals surface area contributed by atoms with Gasteiger partial charge in [0.15, 0.2) is 0 Å². The molecule has 0 bridgehead atoms. The van der Waals surface area contributed by atoms with Crippen LogP contribution in [0.2, 0.25) is 5.02 Å². The van der Waals surface area contributed by atoms with Crippen LogP contribution in [0.25, 0.3) is 0 Å². The molecule has 0 saturated heterocycles. The van der Waals surface area contributed by atoms with Crippen molar-refractivity contribution >= 4 is 39.9 Å². The molecule has 2 rings (SSSR count). The van der Waals surface area contributed by atoms with E-state index in [0.717, 1.165) is 34.9 Å². The van der Waals surface area contributed by atoms with Gasteiger partial charge in [-0.2, -0.15) is 0 Å². The van der Waals surface area contributed by atoms with Gasteiger partial charge in [-0.3, -0.25) is 0 Å². The number of anilines is 1. The molecule has 1 saturated carbocycles. The van der Waals surface area contributed by atoms with E-state index in [1.807, 2.05) is 18.2 Å². The normalized spacial score (nSPS) is 18.7. The van der Waals surface area contributed by atoms with Gasteiger partial charge in [-0.05, 0) is 53.6 Å². The monoisotopic (exact) mass is 351 g/mol. The maximum atomic E-state index is 10.2. The molecule has 0 aromatic heterocycles. The maximum Gasteiger partial charge on any atom is 0.0819 e. The lowest BCUT2D eigenvalue weighted by atomic mass is 10.0. The Bertz CT molecular complexity index is 377. The zero-order valence-corrected chi connectivity index (χ0v) is 11.9. The second kappa shape index (κ2) is 5.10. The standard InChI is InChI=1S/C12H15ClINO/c13-10-7-9(14)3-4-11(10)15-8-12(16)5-1-2-6-12/h3-4,7,15-16H,1-2,5-6,8H2. The first kappa shape index (κ1) is 12.5. The summed E-state index contributed by atoms with van der Waals surface area (Å²) in [6.45, 7) is 0.591. The number of aliphatic hydroxyl groups is 1. The van der Waals surface area contributed by atoms with Gasteiger partial charge in [0.25, 0.3) is 0 Å². The van der Waals surface area contributed by atoms with Crippen LogP contribution in [0, 0.1) is 3.57 Å². The van der Waals surface area contributed by atoms with Gasteiger partial charge in [0.05, 0.1) is 16.3 Å². The van der Waals surface area contributed by atoms with Gasteiger partial charge in [0, 0.05) is 10.1 Å². The smallest absolute Gasteiger partial charge is 0.0819 e. The number of halogens is 2. The van der Waals surface area contributed by atoms with E-state index < -0.39 is 5.60 Å². The van der Waals surface area contributed by atoms with Crippen LogP contribution in [-0.4, -0.2) is 17.3 Å². The van der Waals surface area contributed by atoms with E-state index in [-0.39, 0.29) is 0 Å². The van der Waals surface area contributed by atoms with Crippen LogP contribution in [-0.2, 0) is 0 Å². The highest BCUT2D eigenvalue weighted by atomic mass is 127. The van der Waals surface area contributed by atoms with Crippen molar-refractivity contribution in [1.29, 1.82) is 0 Å². The van der Waals surface area contributed by atoms with Crippen molar-refractivity contribution in [2.24, 2.45) is 0 Å². The van der Waals surface area contributed by atoms with E-state index in [9.17, 15) is 5.11 Å². The zero-order chi connectivity index (χ0) is 11.6. The molecule has 2 N–H and O–H groups in total. The van der Waals surface area contributed by atoms with Crippen molar-refractivity contribution in [2.75, 3.05) is 11.9 Å². The molecule has 2 nitrogen and oxygen atoms in total. The van der Waals surface area contributed by atoms with Crippen molar-refractivity contribution in [3.05, 3.63) is 26.8 Å². The Morgan fingerprint density at radius 2 is 2.06 bits per heavy atom. The van der Waals surface area contributed by atoms with Crippen molar-refractivity contribution < 1.29 is 5.11 Å². The van der Waals surface area contributed by atoms with Crippen LogP contribution in [0.1, 0.15) is 25.7 Å². The molecule has 0 unspecified atom stereocenters. The molecule has 16 heavy (non-hydrogen) atoms. The van der Waals surface area contributed by atoms with Gasteiger partial charge in [-0.25, -0.2) is 0 Å². The van der Waals surface area contributed by atoms with E-state index in [2.05, 4.69) is 27.9 Å². The van der Waals surface area contributed by atoms with E-state index in [0.29, 0.717) is 11.6 Å². The number of hydrogen-bond donors (Lipinski definition) is 2. The quantitative estimate of drug-likeness (QED) is 0.815. The first-order valence-corrected chi connectivity index (χ1v) is 6.96. The van der Waals surface area contributed by atoms with Crippen molar-refractivity contribution in [3.8, 4) is 0 Å². The summed E-state index contributed by atoms with van der Waals surface area (Å²) in [4.78, 5) is 0. The second-order valence-corrected chi connectivity index (χ2v) is 6.06. The molecule has 1 aliphatic carbocycles. The van der Waals surface area contributed by atoms with Crippen molar-refractivity contribution in [1.82, 2.24) is 0 Å². The summed E-state index contributed by atoms with van der Waals surface area (Å²) in [7, 11) is 0. The molecule has 0 radical (unpaired) electrons. The third kappa shape index (κ3) is 3.02. The summed E-state index contributed by atoms with van der Waals surface area (Å²) < 4.78 is 1.12. The molecule has 0 spiro atoms. The van der Waals surface area contributed by atoms with Crippen LogP contribution >= 0.6 is 34.2 Å². The van der Waals surface area contributed by atoms with Gasteiger partial charge in [0.2, 0.25) is 0 Å². The number of rotatable bonds is 3. The van der Waals surface area contributed by atoms with E-state index >= 15 is 0 Å². The molecule has 0 amide bonds. The Labute approximate surface area is 115 Å². The van der Waals surface area contributed by atoms with E-state index in [1.54, 1.807) is 0 Å². The van der Waals surface area contributed by atoms with E-state index in [1.165, 1.54) is 0 Å². The summed E-state index contributed by atoms with van der Waals surface area (Å²) in [6.07, 6.45) is 4.03. The van der Waals surface area contributed by atoms with Gasteiger partial charge >= 0.3 is 0 Å². The molecule has 88 valence electrons. The molecule has 1 aromatic rings. The fraction of sp³-hybridized carbons (Fsp3) is 0.500. The maximum absolute atomic E-state index is 10.2. The summed E-state index contributed by atoms with van der Waals surface area (Å²) >= 11 is 8.34. The summed E-state index contributed by atoms with van der Waals surface area (Å²) in [6, 6.07) is 5.89. The minimum absolute atomic E-state index is 0.535. The summed E-state index contributed by atoms with van der Waals surface area (Å²) in [5.41, 5.74) is 0.370. The number of nitrogens with one attached hydrogen (secondary N) is 1. The Morgan fingerprint density at radius 3 is 2.69 bits per heavy atom. The Morgan fingerprint density at radius 1 is 1.38 bits per heavy atom. The van der Waals surface area contributed by atoms with Gasteiger partial charge in [0.1, 0.15) is 0 Å². The van der Waals surface area contributed by atoms with Crippen LogP contribution in [0.15, 0.2) is 18.2 Å². The molecule has 0 heterocycles. The molecular formula is C12H15ClINO. The van der Waals surface area contributed by atoms with Crippen LogP contribution in [0.5, 0.6) is 0 Å². The third-order valence-corrected chi connectivity index (χ3v) is 4.06. The van der Waals surface area contributed by atoms with Gasteiger partial charge < -0.3 is 10.4 Å². The average Bonchev–Trinajstić information content (AvgIpc) is 2.64. The lowest BCUT2D eigenvalue weighted by molar-refractivity contribution is 0.0615. The second-order valence-electron chi connectivity index (χ2n) is 4.41. The molecule has 1 aromatic carbocycles. The minimum atomic E-state index is -0.535. The van der Waals surface area contributed by atoms with Crippen molar-refractivity contribution in [3.63, 3.8) is 0 Å². The topological polar surface area (TPSA) is 32.3 Å². The Hall–Kier alpha value is -0.0000000000000000555. The summed E-state index contributed by atoms with van der Waals surface area (Å²) in [5, 5.41) is 14.1. The predicted octanol–water partition coefficient (Wildman–Crippen LogP) is 3.66. The number of hydrogen-bond acceptors (Lipinski definition) is 2. The van der Waals surface area contributed by atoms with Crippen LogP contribution < -0.4 is 5.32 Å². The predicted molar refractivity (Wildman–Crippen MR) is 76.1 cm³/mol. The van der Waals surface area contributed by atoms with Gasteiger partial charge in [-0.1, -0.05) is 24.4 Å². The highest BCUT2D eigenvalue weighted by molar-refractivity contribution is 14.1. The molecule has 4 heteroatoms. The highest BCUT2D eigenvalue weighted by Gasteiger charge is 2.30. The molecular weight excluding hydrogens is 336 g/mol. The first-order chi connectivity index (χ1) is 7.59. The molecule has 0 atom stereocenters. The largest absolute Gasteiger partial charge is 0.388 e. The lowest BCUT2D eigenvalue weighted by Crippen LogP contribution is -2.33. The number of benzene rings is 1. The first-order valence-electron chi connectivity index (χ1n) is 5.50. The van der Waals surface area contributed by atoms with Crippen molar-refractivity contribution in [2.45, 2.75) is 31.3 Å². The van der Waals surface area contributed by atoms with Crippen LogP contribution in [0.4, 0.5) is 5.69 Å². The fourth-order valence-electron chi connectivity index (χ4n) is 2.10. The van der Waals surface area contributed by atoms with Gasteiger partial charge in [-0.15, -0.1) is 0 Å².